The summed E-state index contributed by atoms with van der Waals surface area (Å²) in [6, 6.07) is 0.0698. The SMILES string of the molecule is NC(=O)Cn1ncc2c1CCCC2N. The van der Waals surface area contributed by atoms with E-state index in [9.17, 15) is 4.79 Å². The zero-order chi connectivity index (χ0) is 10.1. The van der Waals surface area contributed by atoms with Gasteiger partial charge in [-0.25, -0.2) is 0 Å². The van der Waals surface area contributed by atoms with E-state index in [1.807, 2.05) is 0 Å². The molecule has 1 heterocycles. The summed E-state index contributed by atoms with van der Waals surface area (Å²) in [5, 5.41) is 4.12. The highest BCUT2D eigenvalue weighted by Gasteiger charge is 2.21. The standard InChI is InChI=1S/C9H14N4O/c10-7-2-1-3-8-6(7)4-12-13(8)5-9(11)14/h4,7H,1-3,5,10H2,(H2,11,14). The van der Waals surface area contributed by atoms with Gasteiger partial charge in [0, 0.05) is 17.3 Å². The number of aromatic nitrogens is 2. The molecule has 5 nitrogen and oxygen atoms in total. The maximum Gasteiger partial charge on any atom is 0.239 e. The highest BCUT2D eigenvalue weighted by molar-refractivity contribution is 5.73. The monoisotopic (exact) mass is 194 g/mol. The fourth-order valence-corrected chi connectivity index (χ4v) is 1.94. The molecule has 1 amide bonds. The molecular formula is C9H14N4O. The van der Waals surface area contributed by atoms with Gasteiger partial charge in [-0.15, -0.1) is 0 Å². The van der Waals surface area contributed by atoms with E-state index in [1.54, 1.807) is 10.9 Å². The lowest BCUT2D eigenvalue weighted by molar-refractivity contribution is -0.118. The number of fused-ring (bicyclic) bond motifs is 1. The Labute approximate surface area is 82.1 Å². The first-order valence-corrected chi connectivity index (χ1v) is 4.77. The summed E-state index contributed by atoms with van der Waals surface area (Å²) in [7, 11) is 0. The number of carbonyl (C=O) groups is 1. The average molecular weight is 194 g/mol. The van der Waals surface area contributed by atoms with Gasteiger partial charge in [0.15, 0.2) is 0 Å². The fraction of sp³-hybridized carbons (Fsp3) is 0.556. The molecular weight excluding hydrogens is 180 g/mol. The first kappa shape index (κ1) is 9.21. The zero-order valence-corrected chi connectivity index (χ0v) is 7.94. The van der Waals surface area contributed by atoms with Crippen molar-refractivity contribution in [3.63, 3.8) is 0 Å². The number of hydrogen-bond acceptors (Lipinski definition) is 3. The second-order valence-corrected chi connectivity index (χ2v) is 3.67. The van der Waals surface area contributed by atoms with Crippen molar-refractivity contribution in [3.8, 4) is 0 Å². The molecule has 0 radical (unpaired) electrons. The molecule has 1 atom stereocenters. The summed E-state index contributed by atoms with van der Waals surface area (Å²) in [5.74, 6) is -0.366. The van der Waals surface area contributed by atoms with Gasteiger partial charge in [0.2, 0.25) is 5.91 Å². The van der Waals surface area contributed by atoms with Crippen molar-refractivity contribution in [3.05, 3.63) is 17.5 Å². The van der Waals surface area contributed by atoms with Crippen molar-refractivity contribution in [2.24, 2.45) is 11.5 Å². The van der Waals surface area contributed by atoms with E-state index in [-0.39, 0.29) is 18.5 Å². The van der Waals surface area contributed by atoms with Gasteiger partial charge in [0.25, 0.3) is 0 Å². The average Bonchev–Trinajstić information content (AvgIpc) is 2.49. The Morgan fingerprint density at radius 2 is 2.50 bits per heavy atom. The smallest absolute Gasteiger partial charge is 0.239 e. The van der Waals surface area contributed by atoms with Crippen molar-refractivity contribution >= 4 is 5.91 Å². The van der Waals surface area contributed by atoms with Gasteiger partial charge in [-0.3, -0.25) is 9.48 Å². The van der Waals surface area contributed by atoms with E-state index in [0.29, 0.717) is 0 Å². The molecule has 76 valence electrons. The van der Waals surface area contributed by atoms with Crippen LogP contribution in [0.2, 0.25) is 0 Å². The van der Waals surface area contributed by atoms with E-state index in [2.05, 4.69) is 5.10 Å². The van der Waals surface area contributed by atoms with Gasteiger partial charge in [-0.2, -0.15) is 5.10 Å². The van der Waals surface area contributed by atoms with E-state index in [0.717, 1.165) is 30.5 Å². The molecule has 0 bridgehead atoms. The van der Waals surface area contributed by atoms with Crippen LogP contribution in [-0.2, 0) is 17.8 Å². The first-order chi connectivity index (χ1) is 6.68. The van der Waals surface area contributed by atoms with Gasteiger partial charge >= 0.3 is 0 Å². The molecule has 0 spiro atoms. The molecule has 1 aliphatic carbocycles. The maximum atomic E-state index is 10.8. The van der Waals surface area contributed by atoms with Crippen LogP contribution in [0.25, 0.3) is 0 Å². The van der Waals surface area contributed by atoms with Crippen LogP contribution in [0.5, 0.6) is 0 Å². The molecule has 1 aliphatic rings. The molecule has 2 rings (SSSR count). The van der Waals surface area contributed by atoms with Gasteiger partial charge in [0.05, 0.1) is 6.20 Å². The maximum absolute atomic E-state index is 10.8. The van der Waals surface area contributed by atoms with Crippen LogP contribution in [0.1, 0.15) is 30.1 Å². The molecule has 0 fully saturated rings. The number of rotatable bonds is 2. The van der Waals surface area contributed by atoms with Gasteiger partial charge in [-0.05, 0) is 19.3 Å². The molecule has 0 saturated heterocycles. The fourth-order valence-electron chi connectivity index (χ4n) is 1.94. The number of nitrogens with zero attached hydrogens (tertiary/aromatic N) is 2. The quantitative estimate of drug-likeness (QED) is 0.677. The number of nitrogens with two attached hydrogens (primary N) is 2. The minimum Gasteiger partial charge on any atom is -0.368 e. The van der Waals surface area contributed by atoms with Crippen LogP contribution in [0.4, 0.5) is 0 Å². The van der Waals surface area contributed by atoms with E-state index >= 15 is 0 Å². The van der Waals surface area contributed by atoms with E-state index < -0.39 is 0 Å². The van der Waals surface area contributed by atoms with Gasteiger partial charge in [-0.1, -0.05) is 0 Å². The van der Waals surface area contributed by atoms with E-state index in [4.69, 9.17) is 11.5 Å². The number of amides is 1. The van der Waals surface area contributed by atoms with Crippen LogP contribution >= 0.6 is 0 Å². The topological polar surface area (TPSA) is 86.9 Å². The molecule has 0 aromatic carbocycles. The van der Waals surface area contributed by atoms with Crippen LogP contribution in [0, 0.1) is 0 Å². The van der Waals surface area contributed by atoms with Crippen molar-refractivity contribution in [2.75, 3.05) is 0 Å². The Morgan fingerprint density at radius 3 is 3.21 bits per heavy atom. The van der Waals surface area contributed by atoms with Gasteiger partial charge < -0.3 is 11.5 Å². The Kier molecular flexibility index (Phi) is 2.25. The predicted octanol–water partition coefficient (Wildman–Crippen LogP) is -0.296. The molecule has 14 heavy (non-hydrogen) atoms. The summed E-state index contributed by atoms with van der Waals surface area (Å²) in [5.41, 5.74) is 13.2. The second-order valence-electron chi connectivity index (χ2n) is 3.67. The predicted molar refractivity (Wildman–Crippen MR) is 51.3 cm³/mol. The normalized spacial score (nSPS) is 20.5. The Balaban J connectivity index is 2.31. The highest BCUT2D eigenvalue weighted by atomic mass is 16.1. The van der Waals surface area contributed by atoms with Crippen LogP contribution < -0.4 is 11.5 Å². The third-order valence-corrected chi connectivity index (χ3v) is 2.61. The van der Waals surface area contributed by atoms with Crippen LogP contribution in [0.15, 0.2) is 6.20 Å². The zero-order valence-electron chi connectivity index (χ0n) is 7.94. The molecule has 1 aromatic rings. The summed E-state index contributed by atoms with van der Waals surface area (Å²) >= 11 is 0. The summed E-state index contributed by atoms with van der Waals surface area (Å²) in [4.78, 5) is 10.8. The second kappa shape index (κ2) is 3.42. The highest BCUT2D eigenvalue weighted by Crippen LogP contribution is 2.27. The lowest BCUT2D eigenvalue weighted by Gasteiger charge is -2.18. The number of hydrogen-bond donors (Lipinski definition) is 2. The van der Waals surface area contributed by atoms with Crippen molar-refractivity contribution in [1.82, 2.24) is 9.78 Å². The minimum atomic E-state index is -0.366. The molecule has 0 saturated carbocycles. The van der Waals surface area contributed by atoms with Gasteiger partial charge in [0.1, 0.15) is 6.54 Å². The molecule has 5 heteroatoms. The first-order valence-electron chi connectivity index (χ1n) is 4.77. The van der Waals surface area contributed by atoms with Crippen LogP contribution in [0.3, 0.4) is 0 Å². The van der Waals surface area contributed by atoms with Crippen molar-refractivity contribution < 1.29 is 4.79 Å². The number of primary amides is 1. The Bertz CT molecular complexity index is 358. The van der Waals surface area contributed by atoms with Crippen LogP contribution in [-0.4, -0.2) is 15.7 Å². The lowest BCUT2D eigenvalue weighted by atomic mass is 9.94. The third-order valence-electron chi connectivity index (χ3n) is 2.61. The van der Waals surface area contributed by atoms with Crippen molar-refractivity contribution in [2.45, 2.75) is 31.8 Å². The Morgan fingerprint density at radius 1 is 1.71 bits per heavy atom. The van der Waals surface area contributed by atoms with E-state index in [1.165, 1.54) is 0 Å². The summed E-state index contributed by atoms with van der Waals surface area (Å²) in [6.45, 7) is 0.155. The summed E-state index contributed by atoms with van der Waals surface area (Å²) in [6.07, 6.45) is 4.74. The largest absolute Gasteiger partial charge is 0.368 e. The van der Waals surface area contributed by atoms with Crippen molar-refractivity contribution in [1.29, 1.82) is 0 Å². The minimum absolute atomic E-state index is 0.0698. The molecule has 0 aliphatic heterocycles. The summed E-state index contributed by atoms with van der Waals surface area (Å²) < 4.78 is 1.66. The number of carbonyl (C=O) groups excluding carboxylic acids is 1. The third kappa shape index (κ3) is 1.50. The lowest BCUT2D eigenvalue weighted by Crippen LogP contribution is -2.23. The molecule has 4 N–H and O–H groups in total. The Hall–Kier alpha value is -1.36. The molecule has 1 unspecified atom stereocenters. The molecule has 1 aromatic heterocycles.